The van der Waals surface area contributed by atoms with Crippen molar-refractivity contribution in [2.45, 2.75) is 4.90 Å². The maximum absolute atomic E-state index is 12.0. The fourth-order valence-corrected chi connectivity index (χ4v) is 2.77. The van der Waals surface area contributed by atoms with Gasteiger partial charge in [0, 0.05) is 35.5 Å². The first kappa shape index (κ1) is 19.0. The highest BCUT2D eigenvalue weighted by atomic mass is 35.5. The predicted molar refractivity (Wildman–Crippen MR) is 95.7 cm³/mol. The average molecular weight is 381 g/mol. The number of carbonyl (C=O) groups excluding carboxylic acids is 2. The Balaban J connectivity index is 1.80. The number of halogens is 1. The first-order valence-electron chi connectivity index (χ1n) is 7.39. The van der Waals surface area contributed by atoms with Crippen LogP contribution < -0.4 is 10.6 Å². The lowest BCUT2D eigenvalue weighted by atomic mass is 10.2. The van der Waals surface area contributed by atoms with E-state index in [0.29, 0.717) is 16.1 Å². The van der Waals surface area contributed by atoms with Gasteiger partial charge in [-0.25, -0.2) is 8.42 Å². The van der Waals surface area contributed by atoms with Gasteiger partial charge in [0.15, 0.2) is 9.84 Å². The van der Waals surface area contributed by atoms with Gasteiger partial charge in [0.2, 0.25) is 0 Å². The van der Waals surface area contributed by atoms with Crippen LogP contribution in [0.5, 0.6) is 0 Å². The van der Waals surface area contributed by atoms with Gasteiger partial charge in [-0.05, 0) is 48.5 Å². The first-order chi connectivity index (χ1) is 11.8. The minimum absolute atomic E-state index is 0.152. The molecule has 2 N–H and O–H groups in total. The molecule has 0 aliphatic carbocycles. The zero-order valence-electron chi connectivity index (χ0n) is 13.5. The standard InChI is InChI=1S/C17H17ClN2O4S/c1-25(23,24)15-8-4-13(5-9-15)17(22)20-11-10-19-16(21)12-2-6-14(18)7-3-12/h2-9H,10-11H2,1H3,(H,19,21)(H,20,22). The lowest BCUT2D eigenvalue weighted by Gasteiger charge is -2.08. The van der Waals surface area contributed by atoms with E-state index in [1.165, 1.54) is 24.3 Å². The summed E-state index contributed by atoms with van der Waals surface area (Å²) in [5.74, 6) is -0.607. The highest BCUT2D eigenvalue weighted by Gasteiger charge is 2.10. The highest BCUT2D eigenvalue weighted by Crippen LogP contribution is 2.10. The second-order valence-electron chi connectivity index (χ2n) is 5.32. The fraction of sp³-hybridized carbons (Fsp3) is 0.176. The zero-order valence-corrected chi connectivity index (χ0v) is 15.0. The summed E-state index contributed by atoms with van der Waals surface area (Å²) in [6, 6.07) is 12.1. The van der Waals surface area contributed by atoms with Crippen LogP contribution in [0.25, 0.3) is 0 Å². The van der Waals surface area contributed by atoms with Crippen molar-refractivity contribution in [1.29, 1.82) is 0 Å². The Kier molecular flexibility index (Phi) is 6.17. The van der Waals surface area contributed by atoms with Crippen LogP contribution in [-0.4, -0.2) is 39.6 Å². The molecule has 0 atom stereocenters. The third-order valence-electron chi connectivity index (χ3n) is 3.35. The van der Waals surface area contributed by atoms with Crippen molar-refractivity contribution in [2.75, 3.05) is 19.3 Å². The first-order valence-corrected chi connectivity index (χ1v) is 9.66. The molecular formula is C17H17ClN2O4S. The van der Waals surface area contributed by atoms with Crippen LogP contribution >= 0.6 is 11.6 Å². The van der Waals surface area contributed by atoms with Crippen LogP contribution in [0, 0.1) is 0 Å². The number of amides is 2. The van der Waals surface area contributed by atoms with Gasteiger partial charge < -0.3 is 10.6 Å². The summed E-state index contributed by atoms with van der Waals surface area (Å²) >= 11 is 5.76. The largest absolute Gasteiger partial charge is 0.350 e. The van der Waals surface area contributed by atoms with Gasteiger partial charge in [0.1, 0.15) is 0 Å². The fourth-order valence-electron chi connectivity index (χ4n) is 2.01. The van der Waals surface area contributed by atoms with Crippen LogP contribution in [0.15, 0.2) is 53.4 Å². The molecule has 0 unspecified atom stereocenters. The molecule has 0 aliphatic rings. The van der Waals surface area contributed by atoms with E-state index in [-0.39, 0.29) is 29.8 Å². The van der Waals surface area contributed by atoms with Gasteiger partial charge in [-0.1, -0.05) is 11.6 Å². The van der Waals surface area contributed by atoms with Gasteiger partial charge in [-0.2, -0.15) is 0 Å². The minimum atomic E-state index is -3.29. The molecule has 2 aromatic rings. The van der Waals surface area contributed by atoms with Crippen molar-refractivity contribution in [3.8, 4) is 0 Å². The molecule has 0 aromatic heterocycles. The van der Waals surface area contributed by atoms with Crippen molar-refractivity contribution in [2.24, 2.45) is 0 Å². The topological polar surface area (TPSA) is 92.3 Å². The number of carbonyl (C=O) groups is 2. The minimum Gasteiger partial charge on any atom is -0.350 e. The third-order valence-corrected chi connectivity index (χ3v) is 4.73. The van der Waals surface area contributed by atoms with Gasteiger partial charge in [-0.3, -0.25) is 9.59 Å². The second kappa shape index (κ2) is 8.13. The molecular weight excluding hydrogens is 364 g/mol. The molecule has 0 radical (unpaired) electrons. The molecule has 25 heavy (non-hydrogen) atoms. The molecule has 6 nitrogen and oxygen atoms in total. The summed E-state index contributed by atoms with van der Waals surface area (Å²) in [4.78, 5) is 24.0. The van der Waals surface area contributed by atoms with Gasteiger partial charge >= 0.3 is 0 Å². The normalized spacial score (nSPS) is 11.0. The summed E-state index contributed by atoms with van der Waals surface area (Å²) in [6.07, 6.45) is 1.10. The van der Waals surface area contributed by atoms with E-state index in [9.17, 15) is 18.0 Å². The zero-order chi connectivity index (χ0) is 18.4. The summed E-state index contributed by atoms with van der Waals surface area (Å²) in [5, 5.41) is 5.87. The second-order valence-corrected chi connectivity index (χ2v) is 7.77. The maximum atomic E-state index is 12.0. The van der Waals surface area contributed by atoms with Crippen LogP contribution in [0.1, 0.15) is 20.7 Å². The summed E-state index contributed by atoms with van der Waals surface area (Å²) in [5.41, 5.74) is 0.823. The molecule has 0 spiro atoms. The van der Waals surface area contributed by atoms with E-state index in [2.05, 4.69) is 10.6 Å². The van der Waals surface area contributed by atoms with Crippen LogP contribution in [0.2, 0.25) is 5.02 Å². The van der Waals surface area contributed by atoms with E-state index in [1.54, 1.807) is 24.3 Å². The van der Waals surface area contributed by atoms with Gasteiger partial charge in [0.05, 0.1) is 4.90 Å². The number of nitrogens with one attached hydrogen (secondary N) is 2. The molecule has 0 aliphatic heterocycles. The SMILES string of the molecule is CS(=O)(=O)c1ccc(C(=O)NCCNC(=O)c2ccc(Cl)cc2)cc1. The molecule has 0 fully saturated rings. The quantitative estimate of drug-likeness (QED) is 0.748. The van der Waals surface area contributed by atoms with Crippen LogP contribution in [-0.2, 0) is 9.84 Å². The Labute approximate surface area is 151 Å². The van der Waals surface area contributed by atoms with E-state index in [1.807, 2.05) is 0 Å². The molecule has 0 bridgehead atoms. The van der Waals surface area contributed by atoms with Crippen molar-refractivity contribution in [3.05, 3.63) is 64.7 Å². The maximum Gasteiger partial charge on any atom is 0.251 e. The number of benzene rings is 2. The van der Waals surface area contributed by atoms with E-state index in [4.69, 9.17) is 11.6 Å². The van der Waals surface area contributed by atoms with E-state index in [0.717, 1.165) is 6.26 Å². The van der Waals surface area contributed by atoms with Crippen molar-refractivity contribution in [1.82, 2.24) is 10.6 Å². The van der Waals surface area contributed by atoms with E-state index < -0.39 is 9.84 Å². The van der Waals surface area contributed by atoms with Gasteiger partial charge in [0.25, 0.3) is 11.8 Å². The van der Waals surface area contributed by atoms with Crippen LogP contribution in [0.3, 0.4) is 0 Å². The van der Waals surface area contributed by atoms with Gasteiger partial charge in [-0.15, -0.1) is 0 Å². The smallest absolute Gasteiger partial charge is 0.251 e. The monoisotopic (exact) mass is 380 g/mol. The van der Waals surface area contributed by atoms with E-state index >= 15 is 0 Å². The Hall–Kier alpha value is -2.38. The molecule has 2 rings (SSSR count). The molecule has 8 heteroatoms. The molecule has 0 saturated carbocycles. The Bertz CT molecular complexity index is 863. The number of hydrogen-bond donors (Lipinski definition) is 2. The highest BCUT2D eigenvalue weighted by molar-refractivity contribution is 7.90. The van der Waals surface area contributed by atoms with Crippen molar-refractivity contribution in [3.63, 3.8) is 0 Å². The van der Waals surface area contributed by atoms with Crippen molar-refractivity contribution < 1.29 is 18.0 Å². The summed E-state index contributed by atoms with van der Waals surface area (Å²) in [7, 11) is -3.29. The third kappa shape index (κ3) is 5.58. The molecule has 0 heterocycles. The van der Waals surface area contributed by atoms with Crippen molar-refractivity contribution >= 4 is 33.3 Å². The summed E-state index contributed by atoms with van der Waals surface area (Å²) in [6.45, 7) is 0.501. The lowest BCUT2D eigenvalue weighted by Crippen LogP contribution is -2.34. The number of sulfone groups is 1. The summed E-state index contributed by atoms with van der Waals surface area (Å²) < 4.78 is 22.8. The van der Waals surface area contributed by atoms with Crippen LogP contribution in [0.4, 0.5) is 0 Å². The molecule has 0 saturated heterocycles. The average Bonchev–Trinajstić information content (AvgIpc) is 2.58. The molecule has 2 amide bonds. The Morgan fingerprint density at radius 1 is 0.840 bits per heavy atom. The Morgan fingerprint density at radius 3 is 1.64 bits per heavy atom. The number of rotatable bonds is 6. The number of hydrogen-bond acceptors (Lipinski definition) is 4. The predicted octanol–water partition coefficient (Wildman–Crippen LogP) is 1.90. The Morgan fingerprint density at radius 2 is 1.24 bits per heavy atom. The molecule has 132 valence electrons. The lowest BCUT2D eigenvalue weighted by molar-refractivity contribution is 0.0927. The molecule has 2 aromatic carbocycles.